The number of aromatic nitrogens is 4. The summed E-state index contributed by atoms with van der Waals surface area (Å²) in [6, 6.07) is 4.91. The van der Waals surface area contributed by atoms with Crippen molar-refractivity contribution in [3.63, 3.8) is 0 Å². The van der Waals surface area contributed by atoms with Crippen LogP contribution in [0, 0.1) is 0 Å². The van der Waals surface area contributed by atoms with Crippen molar-refractivity contribution in [3.05, 3.63) is 40.9 Å². The summed E-state index contributed by atoms with van der Waals surface area (Å²) in [7, 11) is 0. The molecule has 9 heteroatoms. The molecule has 1 aliphatic carbocycles. The third kappa shape index (κ3) is 3.08. The van der Waals surface area contributed by atoms with E-state index in [1.165, 1.54) is 16.0 Å². The highest BCUT2D eigenvalue weighted by Gasteiger charge is 2.37. The number of hydrogen-bond donors (Lipinski definition) is 0. The Morgan fingerprint density at radius 2 is 2.12 bits per heavy atom. The Kier molecular flexibility index (Phi) is 3.67. The molecule has 0 atom stereocenters. The van der Waals surface area contributed by atoms with E-state index < -0.39 is 11.9 Å². The first kappa shape index (κ1) is 15.4. The van der Waals surface area contributed by atoms with Gasteiger partial charge < -0.3 is 4.42 Å². The van der Waals surface area contributed by atoms with E-state index in [0.29, 0.717) is 23.9 Å². The maximum Gasteiger partial charge on any atom is 0.435 e. The van der Waals surface area contributed by atoms with Crippen molar-refractivity contribution < 1.29 is 17.6 Å². The van der Waals surface area contributed by atoms with Gasteiger partial charge in [-0.1, -0.05) is 6.07 Å². The van der Waals surface area contributed by atoms with Crippen LogP contribution in [0.4, 0.5) is 13.2 Å². The van der Waals surface area contributed by atoms with Crippen molar-refractivity contribution in [1.82, 2.24) is 20.0 Å². The van der Waals surface area contributed by atoms with Gasteiger partial charge in [-0.05, 0) is 30.4 Å². The highest BCUT2D eigenvalue weighted by Crippen LogP contribution is 2.42. The number of halogens is 3. The first-order valence-electron chi connectivity index (χ1n) is 7.52. The summed E-state index contributed by atoms with van der Waals surface area (Å²) in [6.07, 6.45) is -2.26. The first-order chi connectivity index (χ1) is 11.5. The Bertz CT molecular complexity index is 833. The quantitative estimate of drug-likeness (QED) is 0.691. The van der Waals surface area contributed by atoms with Crippen molar-refractivity contribution in [2.75, 3.05) is 0 Å². The van der Waals surface area contributed by atoms with Crippen molar-refractivity contribution in [2.45, 2.75) is 37.9 Å². The molecule has 3 aromatic heterocycles. The Labute approximate surface area is 139 Å². The van der Waals surface area contributed by atoms with Gasteiger partial charge in [0.2, 0.25) is 5.89 Å². The molecule has 24 heavy (non-hydrogen) atoms. The topological polar surface area (TPSA) is 56.7 Å². The number of thiophene rings is 1. The molecule has 5 nitrogen and oxygen atoms in total. The van der Waals surface area contributed by atoms with Crippen LogP contribution in [0.3, 0.4) is 0 Å². The average Bonchev–Trinajstić information content (AvgIpc) is 2.99. The second-order valence-electron chi connectivity index (χ2n) is 5.68. The van der Waals surface area contributed by atoms with Gasteiger partial charge in [0.15, 0.2) is 5.69 Å². The normalized spacial score (nSPS) is 15.1. The molecule has 4 rings (SSSR count). The molecule has 0 radical (unpaired) electrons. The number of hydrogen-bond acceptors (Lipinski definition) is 5. The van der Waals surface area contributed by atoms with Gasteiger partial charge in [-0.25, -0.2) is 0 Å². The Balaban J connectivity index is 1.50. The molecule has 0 N–H and O–H groups in total. The van der Waals surface area contributed by atoms with Gasteiger partial charge in [-0.15, -0.1) is 21.5 Å². The van der Waals surface area contributed by atoms with Crippen LogP contribution >= 0.6 is 11.3 Å². The standard InChI is InChI=1S/C15H13F3N4OS/c16-15(17,18)12-8-10(9-3-4-9)22(21-12)6-5-13-19-20-14(23-13)11-2-1-7-24-11/h1-2,7-9H,3-6H2. The third-order valence-corrected chi connectivity index (χ3v) is 4.69. The van der Waals surface area contributed by atoms with Crippen LogP contribution in [0.1, 0.15) is 36.0 Å². The lowest BCUT2D eigenvalue weighted by atomic mass is 10.2. The molecule has 0 aromatic carbocycles. The summed E-state index contributed by atoms with van der Waals surface area (Å²) in [5.41, 5.74) is -0.200. The van der Waals surface area contributed by atoms with Gasteiger partial charge in [0.1, 0.15) is 0 Å². The highest BCUT2D eigenvalue weighted by molar-refractivity contribution is 7.13. The van der Waals surface area contributed by atoms with Crippen molar-refractivity contribution in [1.29, 1.82) is 0 Å². The zero-order chi connectivity index (χ0) is 16.7. The van der Waals surface area contributed by atoms with E-state index in [1.807, 2.05) is 17.5 Å². The second kappa shape index (κ2) is 5.73. The fraction of sp³-hybridized carbons (Fsp3) is 0.400. The first-order valence-corrected chi connectivity index (χ1v) is 8.40. The Morgan fingerprint density at radius 3 is 2.79 bits per heavy atom. The summed E-state index contributed by atoms with van der Waals surface area (Å²) in [5.74, 6) is 1.00. The van der Waals surface area contributed by atoms with Crippen LogP contribution in [0.5, 0.6) is 0 Å². The lowest BCUT2D eigenvalue weighted by Crippen LogP contribution is -2.10. The van der Waals surface area contributed by atoms with Crippen LogP contribution in [-0.2, 0) is 19.1 Å². The number of alkyl halides is 3. The SMILES string of the molecule is FC(F)(F)c1cc(C2CC2)n(CCc2nnc(-c3cccs3)o2)n1. The molecule has 1 aliphatic rings. The predicted molar refractivity (Wildman–Crippen MR) is 80.5 cm³/mol. The van der Waals surface area contributed by atoms with E-state index in [-0.39, 0.29) is 12.5 Å². The Morgan fingerprint density at radius 1 is 1.29 bits per heavy atom. The molecule has 3 heterocycles. The van der Waals surface area contributed by atoms with Crippen LogP contribution in [0.15, 0.2) is 28.0 Å². The van der Waals surface area contributed by atoms with Crippen LogP contribution in [0.2, 0.25) is 0 Å². The molecule has 1 fully saturated rings. The monoisotopic (exact) mass is 354 g/mol. The van der Waals surface area contributed by atoms with Crippen molar-refractivity contribution in [2.24, 2.45) is 0 Å². The lowest BCUT2D eigenvalue weighted by Gasteiger charge is -2.04. The maximum absolute atomic E-state index is 12.9. The third-order valence-electron chi connectivity index (χ3n) is 3.83. The van der Waals surface area contributed by atoms with Crippen molar-refractivity contribution in [3.8, 4) is 10.8 Å². The predicted octanol–water partition coefficient (Wildman–Crippen LogP) is 4.13. The zero-order valence-corrected chi connectivity index (χ0v) is 13.3. The Hall–Kier alpha value is -2.16. The van der Waals surface area contributed by atoms with E-state index in [1.54, 1.807) is 0 Å². The molecule has 126 valence electrons. The average molecular weight is 354 g/mol. The summed E-state index contributed by atoms with van der Waals surface area (Å²) < 4.78 is 45.6. The van der Waals surface area contributed by atoms with Gasteiger partial charge in [-0.2, -0.15) is 18.3 Å². The lowest BCUT2D eigenvalue weighted by molar-refractivity contribution is -0.141. The van der Waals surface area contributed by atoms with Gasteiger partial charge in [-0.3, -0.25) is 4.68 Å². The van der Waals surface area contributed by atoms with E-state index in [4.69, 9.17) is 4.42 Å². The molecular formula is C15H13F3N4OS. The molecule has 1 saturated carbocycles. The molecule has 0 unspecified atom stereocenters. The summed E-state index contributed by atoms with van der Waals surface area (Å²) in [4.78, 5) is 0.867. The molecule has 0 spiro atoms. The minimum atomic E-state index is -4.42. The smallest absolute Gasteiger partial charge is 0.420 e. The summed E-state index contributed by atoms with van der Waals surface area (Å²) >= 11 is 1.49. The van der Waals surface area contributed by atoms with Gasteiger partial charge in [0.05, 0.1) is 4.88 Å². The maximum atomic E-state index is 12.9. The zero-order valence-electron chi connectivity index (χ0n) is 12.5. The van der Waals surface area contributed by atoms with Crippen LogP contribution in [0.25, 0.3) is 10.8 Å². The largest absolute Gasteiger partial charge is 0.435 e. The van der Waals surface area contributed by atoms with E-state index >= 15 is 0 Å². The van der Waals surface area contributed by atoms with Gasteiger partial charge in [0, 0.05) is 24.6 Å². The number of aryl methyl sites for hydroxylation is 2. The minimum absolute atomic E-state index is 0.179. The van der Waals surface area contributed by atoms with E-state index in [9.17, 15) is 13.2 Å². The van der Waals surface area contributed by atoms with Crippen LogP contribution < -0.4 is 0 Å². The highest BCUT2D eigenvalue weighted by atomic mass is 32.1. The summed E-state index contributed by atoms with van der Waals surface area (Å²) in [5, 5.41) is 13.6. The summed E-state index contributed by atoms with van der Waals surface area (Å²) in [6.45, 7) is 0.286. The van der Waals surface area contributed by atoms with Crippen LogP contribution in [-0.4, -0.2) is 20.0 Å². The molecule has 3 aromatic rings. The van der Waals surface area contributed by atoms with E-state index in [0.717, 1.165) is 23.8 Å². The minimum Gasteiger partial charge on any atom is -0.420 e. The van der Waals surface area contributed by atoms with Crippen molar-refractivity contribution >= 4 is 11.3 Å². The van der Waals surface area contributed by atoms with E-state index in [2.05, 4.69) is 15.3 Å². The molecular weight excluding hydrogens is 341 g/mol. The molecule has 0 saturated heterocycles. The molecule has 0 aliphatic heterocycles. The number of nitrogens with zero attached hydrogens (tertiary/aromatic N) is 4. The molecule has 0 bridgehead atoms. The fourth-order valence-electron chi connectivity index (χ4n) is 2.51. The fourth-order valence-corrected chi connectivity index (χ4v) is 3.16. The van der Waals surface area contributed by atoms with Gasteiger partial charge in [0.25, 0.3) is 5.89 Å². The van der Waals surface area contributed by atoms with Gasteiger partial charge >= 0.3 is 6.18 Å². The molecule has 0 amide bonds. The second-order valence-corrected chi connectivity index (χ2v) is 6.63. The number of rotatable bonds is 5.